The van der Waals surface area contributed by atoms with Crippen LogP contribution >= 0.6 is 27.5 Å². The normalized spacial score (nSPS) is 11.5. The molecule has 1 heterocycles. The first-order chi connectivity index (χ1) is 8.88. The zero-order valence-corrected chi connectivity index (χ0v) is 12.6. The minimum atomic E-state index is -3.81. The molecule has 1 N–H and O–H groups in total. The maximum Gasteiger partial charge on any atom is 0.285 e. The lowest BCUT2D eigenvalue weighted by atomic mass is 10.2. The highest BCUT2D eigenvalue weighted by Crippen LogP contribution is 2.15. The Labute approximate surface area is 122 Å². The number of nitrogens with zero attached hydrogens (tertiary/aromatic N) is 1. The molecule has 0 fully saturated rings. The topological polar surface area (TPSA) is 79.9 Å². The zero-order valence-electron chi connectivity index (χ0n) is 9.43. The number of nitrogens with one attached hydrogen (secondary N) is 1. The highest BCUT2D eigenvalue weighted by atomic mass is 79.9. The van der Waals surface area contributed by atoms with Crippen molar-refractivity contribution in [3.8, 4) is 0 Å². The van der Waals surface area contributed by atoms with Crippen LogP contribution in [-0.2, 0) is 15.6 Å². The van der Waals surface area contributed by atoms with Gasteiger partial charge in [-0.3, -0.25) is 4.79 Å². The molecule has 0 amide bonds. The van der Waals surface area contributed by atoms with Gasteiger partial charge < -0.3 is 4.98 Å². The van der Waals surface area contributed by atoms with Crippen molar-refractivity contribution >= 4 is 37.4 Å². The molecule has 0 aliphatic rings. The predicted molar refractivity (Wildman–Crippen MR) is 74.9 cm³/mol. The summed E-state index contributed by atoms with van der Waals surface area (Å²) in [5.41, 5.74) is -0.206. The maximum absolute atomic E-state index is 12.1. The number of aromatic nitrogens is 2. The van der Waals surface area contributed by atoms with Gasteiger partial charge in [0.1, 0.15) is 4.60 Å². The van der Waals surface area contributed by atoms with Gasteiger partial charge in [0, 0.05) is 11.2 Å². The van der Waals surface area contributed by atoms with Gasteiger partial charge in [-0.2, -0.15) is 0 Å². The van der Waals surface area contributed by atoms with E-state index in [0.29, 0.717) is 10.6 Å². The van der Waals surface area contributed by atoms with E-state index in [-0.39, 0.29) is 10.4 Å². The highest BCUT2D eigenvalue weighted by molar-refractivity contribution is 9.10. The van der Waals surface area contributed by atoms with E-state index in [4.69, 9.17) is 11.6 Å². The Hall–Kier alpha value is -1.18. The van der Waals surface area contributed by atoms with Gasteiger partial charge in [-0.25, -0.2) is 13.4 Å². The smallest absolute Gasteiger partial charge is 0.285 e. The first-order valence-corrected chi connectivity index (χ1v) is 7.93. The average molecular weight is 364 g/mol. The van der Waals surface area contributed by atoms with Gasteiger partial charge in [0.25, 0.3) is 5.56 Å². The Morgan fingerprint density at radius 1 is 1.26 bits per heavy atom. The van der Waals surface area contributed by atoms with E-state index in [1.165, 1.54) is 6.20 Å². The lowest BCUT2D eigenvalue weighted by molar-refractivity contribution is 0.589. The summed E-state index contributed by atoms with van der Waals surface area (Å²) in [6.45, 7) is 0. The molecule has 19 heavy (non-hydrogen) atoms. The second-order valence-electron chi connectivity index (χ2n) is 3.74. The Bertz CT molecular complexity index is 756. The zero-order chi connectivity index (χ0) is 14.0. The molecule has 2 aromatic rings. The van der Waals surface area contributed by atoms with E-state index in [1.54, 1.807) is 24.3 Å². The molecule has 0 aliphatic heterocycles. The molecule has 8 heteroatoms. The molecule has 0 spiro atoms. The third-order valence-electron chi connectivity index (χ3n) is 2.29. The standard InChI is InChI=1S/C11H8BrClN2O3S/c12-9-5-14-10(16)11(15-9)19(17,18)6-7-1-3-8(13)4-2-7/h1-5H,6H2,(H,14,16). The Morgan fingerprint density at radius 2 is 1.89 bits per heavy atom. The van der Waals surface area contributed by atoms with Gasteiger partial charge in [0.05, 0.1) is 5.75 Å². The van der Waals surface area contributed by atoms with Crippen LogP contribution in [0.1, 0.15) is 5.56 Å². The fourth-order valence-electron chi connectivity index (χ4n) is 1.45. The van der Waals surface area contributed by atoms with Crippen LogP contribution in [-0.4, -0.2) is 18.4 Å². The summed E-state index contributed by atoms with van der Waals surface area (Å²) in [5.74, 6) is -0.309. The van der Waals surface area contributed by atoms with Gasteiger partial charge in [0.2, 0.25) is 14.9 Å². The number of H-pyrrole nitrogens is 1. The van der Waals surface area contributed by atoms with Crippen LogP contribution in [0.5, 0.6) is 0 Å². The molecule has 1 aromatic heterocycles. The largest absolute Gasteiger partial charge is 0.324 e. The van der Waals surface area contributed by atoms with Gasteiger partial charge in [0.15, 0.2) is 0 Å². The summed E-state index contributed by atoms with van der Waals surface area (Å²) in [6.07, 6.45) is 1.28. The molecule has 1 aromatic carbocycles. The van der Waals surface area contributed by atoms with Crippen molar-refractivity contribution in [2.75, 3.05) is 0 Å². The average Bonchev–Trinajstić information content (AvgIpc) is 2.35. The number of aromatic amines is 1. The van der Waals surface area contributed by atoms with Crippen LogP contribution in [0.2, 0.25) is 5.02 Å². The van der Waals surface area contributed by atoms with Crippen LogP contribution in [0.25, 0.3) is 0 Å². The fourth-order valence-corrected chi connectivity index (χ4v) is 3.33. The molecule has 2 rings (SSSR count). The second kappa shape index (κ2) is 5.44. The number of hydrogen-bond acceptors (Lipinski definition) is 4. The van der Waals surface area contributed by atoms with Crippen molar-refractivity contribution in [1.29, 1.82) is 0 Å². The summed E-state index contributed by atoms with van der Waals surface area (Å²) in [7, 11) is -3.81. The molecular formula is C11H8BrClN2O3S. The van der Waals surface area contributed by atoms with Gasteiger partial charge in [-0.1, -0.05) is 23.7 Å². The molecule has 0 saturated heterocycles. The third kappa shape index (κ3) is 3.43. The monoisotopic (exact) mass is 362 g/mol. The van der Waals surface area contributed by atoms with Gasteiger partial charge in [-0.05, 0) is 33.6 Å². The number of benzene rings is 1. The molecule has 0 atom stereocenters. The van der Waals surface area contributed by atoms with Crippen molar-refractivity contribution in [3.63, 3.8) is 0 Å². The molecular weight excluding hydrogens is 356 g/mol. The van der Waals surface area contributed by atoms with Crippen molar-refractivity contribution in [2.24, 2.45) is 0 Å². The lowest BCUT2D eigenvalue weighted by Gasteiger charge is -2.03. The van der Waals surface area contributed by atoms with Gasteiger partial charge >= 0.3 is 0 Å². The molecule has 0 saturated carbocycles. The van der Waals surface area contributed by atoms with E-state index in [1.807, 2.05) is 0 Å². The minimum absolute atomic E-state index is 0.252. The first-order valence-electron chi connectivity index (χ1n) is 5.11. The summed E-state index contributed by atoms with van der Waals surface area (Å²) in [5, 5.41) is 0.0106. The summed E-state index contributed by atoms with van der Waals surface area (Å²) in [6, 6.07) is 6.36. The van der Waals surface area contributed by atoms with E-state index in [2.05, 4.69) is 25.9 Å². The van der Waals surface area contributed by atoms with Crippen LogP contribution in [0.3, 0.4) is 0 Å². The molecule has 0 radical (unpaired) electrons. The predicted octanol–water partition coefficient (Wildman–Crippen LogP) is 2.16. The Balaban J connectivity index is 2.40. The van der Waals surface area contributed by atoms with Crippen molar-refractivity contribution in [2.45, 2.75) is 10.8 Å². The van der Waals surface area contributed by atoms with E-state index in [9.17, 15) is 13.2 Å². The van der Waals surface area contributed by atoms with E-state index < -0.39 is 20.4 Å². The van der Waals surface area contributed by atoms with Crippen LogP contribution in [0.15, 0.2) is 44.9 Å². The Morgan fingerprint density at radius 3 is 2.53 bits per heavy atom. The van der Waals surface area contributed by atoms with Crippen LogP contribution in [0.4, 0.5) is 0 Å². The molecule has 5 nitrogen and oxygen atoms in total. The van der Waals surface area contributed by atoms with E-state index in [0.717, 1.165) is 0 Å². The second-order valence-corrected chi connectivity index (χ2v) is 6.90. The van der Waals surface area contributed by atoms with Crippen LogP contribution in [0, 0.1) is 0 Å². The highest BCUT2D eigenvalue weighted by Gasteiger charge is 2.21. The van der Waals surface area contributed by atoms with Crippen molar-refractivity contribution < 1.29 is 8.42 Å². The van der Waals surface area contributed by atoms with Crippen molar-refractivity contribution in [1.82, 2.24) is 9.97 Å². The van der Waals surface area contributed by atoms with Crippen molar-refractivity contribution in [3.05, 3.63) is 56.0 Å². The minimum Gasteiger partial charge on any atom is -0.324 e. The SMILES string of the molecule is O=c1[nH]cc(Br)nc1S(=O)(=O)Cc1ccc(Cl)cc1. The summed E-state index contributed by atoms with van der Waals surface area (Å²) in [4.78, 5) is 17.5. The molecule has 100 valence electrons. The fraction of sp³-hybridized carbons (Fsp3) is 0.0909. The molecule has 0 unspecified atom stereocenters. The van der Waals surface area contributed by atoms with Gasteiger partial charge in [-0.15, -0.1) is 0 Å². The number of sulfone groups is 1. The molecule has 0 bridgehead atoms. The first kappa shape index (κ1) is 14.2. The maximum atomic E-state index is 12.1. The summed E-state index contributed by atoms with van der Waals surface area (Å²) >= 11 is 8.74. The number of hydrogen-bond donors (Lipinski definition) is 1. The van der Waals surface area contributed by atoms with Crippen LogP contribution < -0.4 is 5.56 Å². The number of rotatable bonds is 3. The number of halogens is 2. The van der Waals surface area contributed by atoms with E-state index >= 15 is 0 Å². The third-order valence-corrected chi connectivity index (χ3v) is 4.53. The molecule has 0 aliphatic carbocycles. The quantitative estimate of drug-likeness (QED) is 0.906. The summed E-state index contributed by atoms with van der Waals surface area (Å²) < 4.78 is 24.5. The Kier molecular flexibility index (Phi) is 4.07. The lowest BCUT2D eigenvalue weighted by Crippen LogP contribution is -2.20.